The molecule has 1 aliphatic heterocycles. The maximum atomic E-state index is 13.9. The van der Waals surface area contributed by atoms with E-state index in [0.29, 0.717) is 17.7 Å². The number of nitrogens with two attached hydrogens (primary N) is 1. The summed E-state index contributed by atoms with van der Waals surface area (Å²) in [5.41, 5.74) is 6.37. The molecule has 5 heteroatoms. The quantitative estimate of drug-likeness (QED) is 0.917. The Labute approximate surface area is 114 Å². The highest BCUT2D eigenvalue weighted by Gasteiger charge is 2.27. The molecule has 0 saturated heterocycles. The van der Waals surface area contributed by atoms with E-state index in [1.165, 1.54) is 6.07 Å². The van der Waals surface area contributed by atoms with Crippen LogP contribution in [-0.4, -0.2) is 12.6 Å². The fourth-order valence-electron chi connectivity index (χ4n) is 2.43. The SMILES string of the molecule is NC[C@@H]1Cc2cc(F)cc(-c3cc(F)ccc3F)c2O1. The number of halogens is 3. The topological polar surface area (TPSA) is 35.2 Å². The molecule has 1 aliphatic rings. The minimum absolute atomic E-state index is 0.0154. The van der Waals surface area contributed by atoms with Gasteiger partial charge >= 0.3 is 0 Å². The molecule has 1 atom stereocenters. The molecule has 104 valence electrons. The second-order valence-corrected chi connectivity index (χ2v) is 4.75. The van der Waals surface area contributed by atoms with Crippen LogP contribution >= 0.6 is 0 Å². The maximum absolute atomic E-state index is 13.9. The lowest BCUT2D eigenvalue weighted by Gasteiger charge is -2.12. The standard InChI is InChI=1S/C15H12F3NO/c16-9-1-2-14(18)12(5-9)13-6-10(17)3-8-4-11(7-19)20-15(8)13/h1-3,5-6,11H,4,7,19H2/t11-/m0/s1. The Hall–Kier alpha value is -2.01. The van der Waals surface area contributed by atoms with Crippen molar-refractivity contribution in [3.8, 4) is 16.9 Å². The van der Waals surface area contributed by atoms with E-state index in [1.807, 2.05) is 0 Å². The molecule has 0 unspecified atom stereocenters. The number of rotatable bonds is 2. The highest BCUT2D eigenvalue weighted by Crippen LogP contribution is 2.40. The summed E-state index contributed by atoms with van der Waals surface area (Å²) >= 11 is 0. The number of hydrogen-bond donors (Lipinski definition) is 1. The molecular weight excluding hydrogens is 267 g/mol. The van der Waals surface area contributed by atoms with Crippen molar-refractivity contribution >= 4 is 0 Å². The van der Waals surface area contributed by atoms with Gasteiger partial charge in [-0.25, -0.2) is 13.2 Å². The van der Waals surface area contributed by atoms with Crippen LogP contribution in [0.5, 0.6) is 5.75 Å². The van der Waals surface area contributed by atoms with Crippen LogP contribution in [0.1, 0.15) is 5.56 Å². The van der Waals surface area contributed by atoms with Crippen molar-refractivity contribution in [2.45, 2.75) is 12.5 Å². The van der Waals surface area contributed by atoms with Gasteiger partial charge in [-0.15, -0.1) is 0 Å². The lowest BCUT2D eigenvalue weighted by atomic mass is 9.99. The zero-order valence-electron chi connectivity index (χ0n) is 10.5. The molecule has 0 radical (unpaired) electrons. The van der Waals surface area contributed by atoms with Crippen LogP contribution in [0, 0.1) is 17.5 Å². The van der Waals surface area contributed by atoms with Gasteiger partial charge in [0.1, 0.15) is 29.3 Å². The van der Waals surface area contributed by atoms with Gasteiger partial charge in [-0.05, 0) is 30.3 Å². The van der Waals surface area contributed by atoms with Crippen molar-refractivity contribution in [1.29, 1.82) is 0 Å². The molecule has 1 heterocycles. The summed E-state index contributed by atoms with van der Waals surface area (Å²) in [5.74, 6) is -1.35. The molecule has 3 rings (SSSR count). The van der Waals surface area contributed by atoms with E-state index in [2.05, 4.69) is 0 Å². The van der Waals surface area contributed by atoms with Crippen LogP contribution in [0.15, 0.2) is 30.3 Å². The molecule has 2 aromatic carbocycles. The summed E-state index contributed by atoms with van der Waals surface area (Å²) < 4.78 is 46.5. The summed E-state index contributed by atoms with van der Waals surface area (Å²) in [5, 5.41) is 0. The molecule has 0 bridgehead atoms. The number of hydrogen-bond acceptors (Lipinski definition) is 2. The summed E-state index contributed by atoms with van der Waals surface area (Å²) in [4.78, 5) is 0. The number of benzene rings is 2. The van der Waals surface area contributed by atoms with Gasteiger partial charge < -0.3 is 10.5 Å². The highest BCUT2D eigenvalue weighted by molar-refractivity contribution is 5.73. The number of ether oxygens (including phenoxy) is 1. The highest BCUT2D eigenvalue weighted by atomic mass is 19.1. The first-order valence-electron chi connectivity index (χ1n) is 6.23. The van der Waals surface area contributed by atoms with E-state index >= 15 is 0 Å². The van der Waals surface area contributed by atoms with E-state index < -0.39 is 17.5 Å². The van der Waals surface area contributed by atoms with Gasteiger partial charge in [-0.2, -0.15) is 0 Å². The van der Waals surface area contributed by atoms with Crippen molar-refractivity contribution in [3.05, 3.63) is 53.3 Å². The van der Waals surface area contributed by atoms with Crippen LogP contribution in [0.3, 0.4) is 0 Å². The van der Waals surface area contributed by atoms with E-state index in [1.54, 1.807) is 0 Å². The van der Waals surface area contributed by atoms with Crippen LogP contribution in [0.4, 0.5) is 13.2 Å². The Morgan fingerprint density at radius 3 is 2.55 bits per heavy atom. The zero-order chi connectivity index (χ0) is 14.3. The third kappa shape index (κ3) is 2.14. The third-order valence-electron chi connectivity index (χ3n) is 3.34. The normalized spacial score (nSPS) is 16.9. The molecule has 20 heavy (non-hydrogen) atoms. The Morgan fingerprint density at radius 1 is 1.05 bits per heavy atom. The molecule has 0 spiro atoms. The Kier molecular flexibility index (Phi) is 3.14. The summed E-state index contributed by atoms with van der Waals surface area (Å²) in [6.45, 7) is 0.279. The molecule has 2 aromatic rings. The van der Waals surface area contributed by atoms with E-state index in [-0.39, 0.29) is 23.8 Å². The molecular formula is C15H12F3NO. The first kappa shape index (κ1) is 13.0. The Morgan fingerprint density at radius 2 is 1.80 bits per heavy atom. The zero-order valence-corrected chi connectivity index (χ0v) is 10.5. The van der Waals surface area contributed by atoms with E-state index in [9.17, 15) is 13.2 Å². The summed E-state index contributed by atoms with van der Waals surface area (Å²) in [6, 6.07) is 5.55. The average molecular weight is 279 g/mol. The minimum atomic E-state index is -0.626. The van der Waals surface area contributed by atoms with Gasteiger partial charge in [0.25, 0.3) is 0 Å². The van der Waals surface area contributed by atoms with Crippen LogP contribution in [0.25, 0.3) is 11.1 Å². The monoisotopic (exact) mass is 279 g/mol. The first-order valence-corrected chi connectivity index (χ1v) is 6.23. The average Bonchev–Trinajstić information content (AvgIpc) is 2.83. The van der Waals surface area contributed by atoms with Crippen molar-refractivity contribution < 1.29 is 17.9 Å². The third-order valence-corrected chi connectivity index (χ3v) is 3.34. The fraction of sp³-hybridized carbons (Fsp3) is 0.200. The van der Waals surface area contributed by atoms with Gasteiger partial charge in [0, 0.05) is 29.7 Å². The Bertz CT molecular complexity index is 672. The predicted octanol–water partition coefficient (Wildman–Crippen LogP) is 3.03. The second kappa shape index (κ2) is 4.83. The summed E-state index contributed by atoms with van der Waals surface area (Å²) in [6.07, 6.45) is 0.204. The molecule has 0 aromatic heterocycles. The van der Waals surface area contributed by atoms with Crippen molar-refractivity contribution in [2.24, 2.45) is 5.73 Å². The predicted molar refractivity (Wildman–Crippen MR) is 68.9 cm³/mol. The first-order chi connectivity index (χ1) is 9.58. The van der Waals surface area contributed by atoms with Crippen molar-refractivity contribution in [3.63, 3.8) is 0 Å². The Balaban J connectivity index is 2.18. The van der Waals surface area contributed by atoms with Crippen molar-refractivity contribution in [2.75, 3.05) is 6.54 Å². The van der Waals surface area contributed by atoms with E-state index in [4.69, 9.17) is 10.5 Å². The minimum Gasteiger partial charge on any atom is -0.488 e. The van der Waals surface area contributed by atoms with Gasteiger partial charge in [-0.1, -0.05) is 0 Å². The molecule has 0 saturated carbocycles. The van der Waals surface area contributed by atoms with Gasteiger partial charge in [-0.3, -0.25) is 0 Å². The van der Waals surface area contributed by atoms with Crippen LogP contribution < -0.4 is 10.5 Å². The summed E-state index contributed by atoms with van der Waals surface area (Å²) in [7, 11) is 0. The fourth-order valence-corrected chi connectivity index (χ4v) is 2.43. The molecule has 0 fully saturated rings. The lowest BCUT2D eigenvalue weighted by Crippen LogP contribution is -2.24. The lowest BCUT2D eigenvalue weighted by molar-refractivity contribution is 0.242. The largest absolute Gasteiger partial charge is 0.488 e. The van der Waals surface area contributed by atoms with E-state index in [0.717, 1.165) is 24.3 Å². The number of fused-ring (bicyclic) bond motifs is 1. The molecule has 2 N–H and O–H groups in total. The smallest absolute Gasteiger partial charge is 0.131 e. The van der Waals surface area contributed by atoms with Crippen LogP contribution in [0.2, 0.25) is 0 Å². The van der Waals surface area contributed by atoms with Gasteiger partial charge in [0.2, 0.25) is 0 Å². The molecule has 2 nitrogen and oxygen atoms in total. The molecule has 0 amide bonds. The van der Waals surface area contributed by atoms with Crippen LogP contribution in [-0.2, 0) is 6.42 Å². The van der Waals surface area contributed by atoms with Gasteiger partial charge in [0.15, 0.2) is 0 Å². The van der Waals surface area contributed by atoms with Gasteiger partial charge in [0.05, 0.1) is 0 Å². The molecule has 0 aliphatic carbocycles. The van der Waals surface area contributed by atoms with Crippen molar-refractivity contribution in [1.82, 2.24) is 0 Å². The second-order valence-electron chi connectivity index (χ2n) is 4.75. The maximum Gasteiger partial charge on any atom is 0.131 e.